The van der Waals surface area contributed by atoms with Crippen LogP contribution in [0.25, 0.3) is 0 Å². The molecule has 0 heterocycles. The Balaban J connectivity index is 2.47. The van der Waals surface area contributed by atoms with E-state index < -0.39 is 0 Å². The molecule has 0 aliphatic carbocycles. The Bertz CT molecular complexity index is 382. The molecule has 94 valence electrons. The van der Waals surface area contributed by atoms with Gasteiger partial charge in [0, 0.05) is 13.2 Å². The van der Waals surface area contributed by atoms with E-state index in [1.807, 2.05) is 6.92 Å². The van der Waals surface area contributed by atoms with Gasteiger partial charge in [0.1, 0.15) is 5.82 Å². The Labute approximate surface area is 101 Å². The van der Waals surface area contributed by atoms with Gasteiger partial charge in [0.25, 0.3) is 0 Å². The minimum atomic E-state index is -0.267. The highest BCUT2D eigenvalue weighted by Gasteiger charge is 2.01. The quantitative estimate of drug-likeness (QED) is 0.601. The zero-order valence-electron chi connectivity index (χ0n) is 10.1. The highest BCUT2D eigenvalue weighted by Crippen LogP contribution is 2.04. The van der Waals surface area contributed by atoms with Gasteiger partial charge in [-0.2, -0.15) is 0 Å². The molecular formula is C12H18FN3O. The molecule has 1 aromatic rings. The highest BCUT2D eigenvalue weighted by molar-refractivity contribution is 5.78. The largest absolute Gasteiger partial charge is 0.383 e. The molecule has 5 heteroatoms. The van der Waals surface area contributed by atoms with Crippen LogP contribution in [0.1, 0.15) is 12.5 Å². The predicted molar refractivity (Wildman–Crippen MR) is 66.2 cm³/mol. The number of hydrogen-bond donors (Lipinski definition) is 2. The van der Waals surface area contributed by atoms with E-state index in [0.717, 1.165) is 5.56 Å². The lowest BCUT2D eigenvalue weighted by Gasteiger charge is -2.12. The minimum absolute atomic E-state index is 0.0938. The average Bonchev–Trinajstić information content (AvgIpc) is 2.27. The van der Waals surface area contributed by atoms with Crippen molar-refractivity contribution in [1.29, 1.82) is 0 Å². The summed E-state index contributed by atoms with van der Waals surface area (Å²) in [5.41, 5.74) is 6.47. The summed E-state index contributed by atoms with van der Waals surface area (Å²) in [7, 11) is 1.62. The van der Waals surface area contributed by atoms with Crippen molar-refractivity contribution >= 4 is 5.96 Å². The molecule has 0 amide bonds. The number of halogens is 1. The number of nitrogens with zero attached hydrogens (tertiary/aromatic N) is 1. The summed E-state index contributed by atoms with van der Waals surface area (Å²) >= 11 is 0. The Morgan fingerprint density at radius 2 is 2.35 bits per heavy atom. The molecule has 0 spiro atoms. The van der Waals surface area contributed by atoms with Gasteiger partial charge in [0.15, 0.2) is 5.96 Å². The van der Waals surface area contributed by atoms with Gasteiger partial charge in [-0.1, -0.05) is 12.1 Å². The summed E-state index contributed by atoms with van der Waals surface area (Å²) in [6.07, 6.45) is 0. The molecule has 0 bridgehead atoms. The number of guanidine groups is 1. The minimum Gasteiger partial charge on any atom is -0.383 e. The molecular weight excluding hydrogens is 221 g/mol. The van der Waals surface area contributed by atoms with E-state index in [2.05, 4.69) is 10.3 Å². The topological polar surface area (TPSA) is 59.6 Å². The fourth-order valence-corrected chi connectivity index (χ4v) is 1.40. The van der Waals surface area contributed by atoms with Gasteiger partial charge in [-0.3, -0.25) is 0 Å². The third kappa shape index (κ3) is 5.31. The number of nitrogens with one attached hydrogen (secondary N) is 1. The van der Waals surface area contributed by atoms with Crippen molar-refractivity contribution in [3.8, 4) is 0 Å². The van der Waals surface area contributed by atoms with E-state index in [9.17, 15) is 4.39 Å². The van der Waals surface area contributed by atoms with E-state index >= 15 is 0 Å². The maximum absolute atomic E-state index is 12.9. The van der Waals surface area contributed by atoms with E-state index in [1.165, 1.54) is 12.1 Å². The van der Waals surface area contributed by atoms with Crippen molar-refractivity contribution in [3.05, 3.63) is 35.6 Å². The molecule has 0 fully saturated rings. The summed E-state index contributed by atoms with van der Waals surface area (Å²) in [5, 5.41) is 2.97. The average molecular weight is 239 g/mol. The van der Waals surface area contributed by atoms with E-state index in [-0.39, 0.29) is 11.9 Å². The van der Waals surface area contributed by atoms with Gasteiger partial charge in [-0.25, -0.2) is 9.38 Å². The van der Waals surface area contributed by atoms with Crippen molar-refractivity contribution in [2.45, 2.75) is 19.5 Å². The van der Waals surface area contributed by atoms with Crippen molar-refractivity contribution < 1.29 is 9.13 Å². The molecule has 0 aliphatic rings. The zero-order valence-corrected chi connectivity index (χ0v) is 10.1. The number of ether oxygens (including phenoxy) is 1. The molecule has 0 saturated heterocycles. The van der Waals surface area contributed by atoms with Crippen LogP contribution in [0.15, 0.2) is 29.3 Å². The summed E-state index contributed by atoms with van der Waals surface area (Å²) in [6.45, 7) is 2.85. The van der Waals surface area contributed by atoms with E-state index in [0.29, 0.717) is 19.1 Å². The molecule has 0 aliphatic heterocycles. The maximum Gasteiger partial charge on any atom is 0.189 e. The Morgan fingerprint density at radius 1 is 1.59 bits per heavy atom. The second-order valence-corrected chi connectivity index (χ2v) is 3.83. The summed E-state index contributed by atoms with van der Waals surface area (Å²) in [6, 6.07) is 6.39. The molecule has 17 heavy (non-hydrogen) atoms. The van der Waals surface area contributed by atoms with Crippen LogP contribution in [-0.4, -0.2) is 25.7 Å². The van der Waals surface area contributed by atoms with Gasteiger partial charge >= 0.3 is 0 Å². The second kappa shape index (κ2) is 6.85. The Hall–Kier alpha value is -1.62. The molecule has 0 saturated carbocycles. The van der Waals surface area contributed by atoms with Crippen LogP contribution in [0.4, 0.5) is 4.39 Å². The summed E-state index contributed by atoms with van der Waals surface area (Å²) < 4.78 is 17.9. The van der Waals surface area contributed by atoms with Crippen LogP contribution in [-0.2, 0) is 11.3 Å². The third-order valence-electron chi connectivity index (χ3n) is 2.13. The zero-order chi connectivity index (χ0) is 12.7. The summed E-state index contributed by atoms with van der Waals surface area (Å²) in [5.74, 6) is 0.0655. The maximum atomic E-state index is 12.9. The highest BCUT2D eigenvalue weighted by atomic mass is 19.1. The van der Waals surface area contributed by atoms with Crippen LogP contribution >= 0.6 is 0 Å². The van der Waals surface area contributed by atoms with Gasteiger partial charge in [-0.05, 0) is 24.6 Å². The SMILES string of the molecule is COCC(C)NC(N)=NCc1cccc(F)c1. The fraction of sp³-hybridized carbons (Fsp3) is 0.417. The van der Waals surface area contributed by atoms with Crippen molar-refractivity contribution in [3.63, 3.8) is 0 Å². The molecule has 4 nitrogen and oxygen atoms in total. The lowest BCUT2D eigenvalue weighted by molar-refractivity contribution is 0.179. The first-order valence-electron chi connectivity index (χ1n) is 5.41. The first-order valence-corrected chi connectivity index (χ1v) is 5.41. The van der Waals surface area contributed by atoms with Gasteiger partial charge in [0.2, 0.25) is 0 Å². The predicted octanol–water partition coefficient (Wildman–Crippen LogP) is 1.26. The van der Waals surface area contributed by atoms with Gasteiger partial charge < -0.3 is 15.8 Å². The van der Waals surface area contributed by atoms with E-state index in [4.69, 9.17) is 10.5 Å². The third-order valence-corrected chi connectivity index (χ3v) is 2.13. The van der Waals surface area contributed by atoms with Crippen molar-refractivity contribution in [2.24, 2.45) is 10.7 Å². The lowest BCUT2D eigenvalue weighted by atomic mass is 10.2. The smallest absolute Gasteiger partial charge is 0.189 e. The normalized spacial score (nSPS) is 13.5. The van der Waals surface area contributed by atoms with Gasteiger partial charge in [0.05, 0.1) is 13.2 Å². The van der Waals surface area contributed by atoms with Crippen LogP contribution in [0.3, 0.4) is 0 Å². The molecule has 3 N–H and O–H groups in total. The van der Waals surface area contributed by atoms with E-state index in [1.54, 1.807) is 19.2 Å². The van der Waals surface area contributed by atoms with Gasteiger partial charge in [-0.15, -0.1) is 0 Å². The van der Waals surface area contributed by atoms with Crippen LogP contribution in [0.5, 0.6) is 0 Å². The number of benzene rings is 1. The van der Waals surface area contributed by atoms with Crippen LogP contribution < -0.4 is 11.1 Å². The first kappa shape index (κ1) is 13.4. The second-order valence-electron chi connectivity index (χ2n) is 3.83. The number of aliphatic imine (C=N–C) groups is 1. The Kier molecular flexibility index (Phi) is 5.42. The van der Waals surface area contributed by atoms with Crippen molar-refractivity contribution in [1.82, 2.24) is 5.32 Å². The molecule has 0 radical (unpaired) electrons. The molecule has 1 aromatic carbocycles. The number of hydrogen-bond acceptors (Lipinski definition) is 2. The van der Waals surface area contributed by atoms with Crippen LogP contribution in [0.2, 0.25) is 0 Å². The van der Waals surface area contributed by atoms with Crippen molar-refractivity contribution in [2.75, 3.05) is 13.7 Å². The molecule has 1 rings (SSSR count). The molecule has 1 unspecified atom stereocenters. The summed E-state index contributed by atoms with van der Waals surface area (Å²) in [4.78, 5) is 4.12. The lowest BCUT2D eigenvalue weighted by Crippen LogP contribution is -2.40. The Morgan fingerprint density at radius 3 is 3.00 bits per heavy atom. The first-order chi connectivity index (χ1) is 8.11. The van der Waals surface area contributed by atoms with Crippen LogP contribution in [0, 0.1) is 5.82 Å². The fourth-order valence-electron chi connectivity index (χ4n) is 1.40. The molecule has 0 aromatic heterocycles. The number of methoxy groups -OCH3 is 1. The molecule has 1 atom stereocenters. The monoisotopic (exact) mass is 239 g/mol. The number of rotatable bonds is 5. The standard InChI is InChI=1S/C12H18FN3O/c1-9(8-17-2)16-12(14)15-7-10-4-3-5-11(13)6-10/h3-6,9H,7-8H2,1-2H3,(H3,14,15,16). The number of nitrogens with two attached hydrogens (primary N) is 1.